The second-order valence-corrected chi connectivity index (χ2v) is 6.53. The summed E-state index contributed by atoms with van der Waals surface area (Å²) in [4.78, 5) is 4.04. The average Bonchev–Trinajstić information content (AvgIpc) is 2.55. The fourth-order valence-electron chi connectivity index (χ4n) is 3.38. The molecule has 24 heavy (non-hydrogen) atoms. The normalized spacial score (nSPS) is 23.5. The lowest BCUT2D eigenvalue weighted by atomic mass is 10.0. The quantitative estimate of drug-likeness (QED) is 0.912. The zero-order chi connectivity index (χ0) is 17.2. The minimum atomic E-state index is -4.34. The van der Waals surface area contributed by atoms with E-state index in [1.54, 1.807) is 6.07 Å². The molecule has 2 saturated heterocycles. The second kappa shape index (κ2) is 7.29. The molecule has 4 nitrogen and oxygen atoms in total. The molecule has 0 radical (unpaired) electrons. The molecule has 7 heteroatoms. The van der Waals surface area contributed by atoms with Crippen LogP contribution in [0.5, 0.6) is 0 Å². The monoisotopic (exact) mass is 343 g/mol. The summed E-state index contributed by atoms with van der Waals surface area (Å²) in [7, 11) is 0. The van der Waals surface area contributed by atoms with E-state index in [0.29, 0.717) is 50.1 Å². The molecular weight excluding hydrogens is 319 g/mol. The van der Waals surface area contributed by atoms with Crippen LogP contribution < -0.4 is 10.2 Å². The molecule has 2 fully saturated rings. The fraction of sp³-hybridized carbons (Fsp3) is 0.647. The van der Waals surface area contributed by atoms with Crippen molar-refractivity contribution in [1.29, 1.82) is 0 Å². The number of morpholine rings is 1. The topological polar surface area (TPSA) is 27.7 Å². The van der Waals surface area contributed by atoms with E-state index < -0.39 is 11.7 Å². The van der Waals surface area contributed by atoms with Gasteiger partial charge in [-0.05, 0) is 24.6 Å². The average molecular weight is 343 g/mol. The van der Waals surface area contributed by atoms with Crippen molar-refractivity contribution in [3.05, 3.63) is 29.3 Å². The van der Waals surface area contributed by atoms with Gasteiger partial charge in [-0.3, -0.25) is 4.90 Å². The molecule has 1 N–H and O–H groups in total. The van der Waals surface area contributed by atoms with Crippen molar-refractivity contribution in [2.75, 3.05) is 50.8 Å². The molecule has 1 aromatic rings. The minimum Gasteiger partial charge on any atom is -0.378 e. The Hall–Kier alpha value is -1.31. The summed E-state index contributed by atoms with van der Waals surface area (Å²) in [5.41, 5.74) is 0.467. The van der Waals surface area contributed by atoms with Crippen LogP contribution in [0.25, 0.3) is 0 Å². The molecule has 2 aliphatic heterocycles. The third-order valence-electron chi connectivity index (χ3n) is 4.62. The van der Waals surface area contributed by atoms with Crippen molar-refractivity contribution in [2.24, 2.45) is 0 Å². The van der Waals surface area contributed by atoms with E-state index >= 15 is 0 Å². The van der Waals surface area contributed by atoms with E-state index in [1.807, 2.05) is 11.0 Å². The number of hydrogen-bond acceptors (Lipinski definition) is 4. The number of halogens is 3. The van der Waals surface area contributed by atoms with Gasteiger partial charge in [-0.15, -0.1) is 0 Å². The second-order valence-electron chi connectivity index (χ2n) is 6.53. The van der Waals surface area contributed by atoms with Crippen LogP contribution in [0.1, 0.15) is 18.1 Å². The standard InChI is InChI=1S/C17H24F3N3O/c1-13-11-22(5-4-21-13)12-14-2-3-15(10-16(14)17(18,19)20)23-6-8-24-9-7-23/h2-3,10,13,21H,4-9,11-12H2,1H3. The van der Waals surface area contributed by atoms with Crippen molar-refractivity contribution in [1.82, 2.24) is 10.2 Å². The van der Waals surface area contributed by atoms with Crippen molar-refractivity contribution in [3.63, 3.8) is 0 Å². The molecule has 1 unspecified atom stereocenters. The highest BCUT2D eigenvalue weighted by molar-refractivity contribution is 5.52. The van der Waals surface area contributed by atoms with Gasteiger partial charge in [0.1, 0.15) is 0 Å². The maximum atomic E-state index is 13.6. The first-order chi connectivity index (χ1) is 11.4. The van der Waals surface area contributed by atoms with Crippen LogP contribution in [0.4, 0.5) is 18.9 Å². The summed E-state index contributed by atoms with van der Waals surface area (Å²) in [5.74, 6) is 0. The summed E-state index contributed by atoms with van der Waals surface area (Å²) in [6.45, 7) is 7.12. The number of benzene rings is 1. The molecule has 0 aromatic heterocycles. The number of rotatable bonds is 3. The van der Waals surface area contributed by atoms with Gasteiger partial charge in [0, 0.05) is 51.0 Å². The predicted octanol–water partition coefficient (Wildman–Crippen LogP) is 2.34. The van der Waals surface area contributed by atoms with Gasteiger partial charge in [-0.1, -0.05) is 6.07 Å². The lowest BCUT2D eigenvalue weighted by Crippen LogP contribution is -2.48. The Morgan fingerprint density at radius 2 is 1.96 bits per heavy atom. The molecule has 1 atom stereocenters. The Balaban J connectivity index is 1.82. The zero-order valence-corrected chi connectivity index (χ0v) is 13.9. The van der Waals surface area contributed by atoms with Gasteiger partial charge in [0.25, 0.3) is 0 Å². The van der Waals surface area contributed by atoms with Gasteiger partial charge in [0.2, 0.25) is 0 Å². The van der Waals surface area contributed by atoms with Crippen LogP contribution in [0.2, 0.25) is 0 Å². The summed E-state index contributed by atoms with van der Waals surface area (Å²) < 4.78 is 45.9. The molecule has 0 amide bonds. The largest absolute Gasteiger partial charge is 0.416 e. The van der Waals surface area contributed by atoms with E-state index in [2.05, 4.69) is 17.1 Å². The van der Waals surface area contributed by atoms with Crippen LogP contribution in [0.3, 0.4) is 0 Å². The predicted molar refractivity (Wildman–Crippen MR) is 87.2 cm³/mol. The highest BCUT2D eigenvalue weighted by atomic mass is 19.4. The van der Waals surface area contributed by atoms with E-state index in [4.69, 9.17) is 4.74 Å². The van der Waals surface area contributed by atoms with Crippen molar-refractivity contribution < 1.29 is 17.9 Å². The Morgan fingerprint density at radius 3 is 2.62 bits per heavy atom. The lowest BCUT2D eigenvalue weighted by Gasteiger charge is -2.33. The third kappa shape index (κ3) is 4.20. The van der Waals surface area contributed by atoms with Crippen LogP contribution in [-0.4, -0.2) is 56.9 Å². The van der Waals surface area contributed by atoms with Gasteiger partial charge in [0.15, 0.2) is 0 Å². The number of anilines is 1. The summed E-state index contributed by atoms with van der Waals surface area (Å²) in [6.07, 6.45) is -4.34. The molecule has 0 saturated carbocycles. The smallest absolute Gasteiger partial charge is 0.378 e. The fourth-order valence-corrected chi connectivity index (χ4v) is 3.38. The summed E-state index contributed by atoms with van der Waals surface area (Å²) in [6, 6.07) is 5.05. The van der Waals surface area contributed by atoms with Gasteiger partial charge >= 0.3 is 6.18 Å². The molecule has 0 bridgehead atoms. The summed E-state index contributed by atoms with van der Waals surface area (Å²) in [5, 5.41) is 3.31. The van der Waals surface area contributed by atoms with Crippen LogP contribution >= 0.6 is 0 Å². The van der Waals surface area contributed by atoms with Gasteiger partial charge in [0.05, 0.1) is 18.8 Å². The molecule has 2 aliphatic rings. The first kappa shape index (κ1) is 17.5. The molecule has 134 valence electrons. The van der Waals surface area contributed by atoms with Crippen LogP contribution in [0.15, 0.2) is 18.2 Å². The maximum Gasteiger partial charge on any atom is 0.416 e. The number of ether oxygens (including phenoxy) is 1. The Bertz CT molecular complexity index is 559. The Kier molecular flexibility index (Phi) is 5.32. The highest BCUT2D eigenvalue weighted by Crippen LogP contribution is 2.35. The van der Waals surface area contributed by atoms with Crippen LogP contribution in [-0.2, 0) is 17.5 Å². The van der Waals surface area contributed by atoms with E-state index in [0.717, 1.165) is 19.6 Å². The van der Waals surface area contributed by atoms with Crippen LogP contribution in [0, 0.1) is 0 Å². The molecular formula is C17H24F3N3O. The van der Waals surface area contributed by atoms with E-state index in [-0.39, 0.29) is 0 Å². The van der Waals surface area contributed by atoms with Crippen molar-refractivity contribution in [2.45, 2.75) is 25.7 Å². The number of nitrogens with one attached hydrogen (secondary N) is 1. The number of hydrogen-bond donors (Lipinski definition) is 1. The van der Waals surface area contributed by atoms with Gasteiger partial charge in [-0.25, -0.2) is 0 Å². The number of nitrogens with zero attached hydrogens (tertiary/aromatic N) is 2. The highest BCUT2D eigenvalue weighted by Gasteiger charge is 2.34. The molecule has 0 spiro atoms. The van der Waals surface area contributed by atoms with Gasteiger partial charge < -0.3 is 15.0 Å². The molecule has 1 aromatic carbocycles. The van der Waals surface area contributed by atoms with E-state index in [9.17, 15) is 13.2 Å². The minimum absolute atomic E-state index is 0.306. The first-order valence-corrected chi connectivity index (χ1v) is 8.42. The van der Waals surface area contributed by atoms with Crippen molar-refractivity contribution >= 4 is 5.69 Å². The molecule has 3 rings (SSSR count). The SMILES string of the molecule is CC1CN(Cc2ccc(N3CCOCC3)cc2C(F)(F)F)CCN1. The van der Waals surface area contributed by atoms with E-state index in [1.165, 1.54) is 6.07 Å². The van der Waals surface area contributed by atoms with Crippen molar-refractivity contribution in [3.8, 4) is 0 Å². The van der Waals surface area contributed by atoms with Gasteiger partial charge in [-0.2, -0.15) is 13.2 Å². The summed E-state index contributed by atoms with van der Waals surface area (Å²) >= 11 is 0. The first-order valence-electron chi connectivity index (χ1n) is 8.42. The third-order valence-corrected chi connectivity index (χ3v) is 4.62. The Morgan fingerprint density at radius 1 is 1.21 bits per heavy atom. The number of alkyl halides is 3. The lowest BCUT2D eigenvalue weighted by molar-refractivity contribution is -0.138. The Labute approximate surface area is 140 Å². The molecule has 2 heterocycles. The zero-order valence-electron chi connectivity index (χ0n) is 13.9. The molecule has 0 aliphatic carbocycles. The number of piperazine rings is 1. The maximum absolute atomic E-state index is 13.6.